The molecular formula is C17H25ClN2O2SSi-. The van der Waals surface area contributed by atoms with Crippen molar-refractivity contribution in [1.29, 1.82) is 0 Å². The number of likely N-dealkylation sites (N-methyl/N-ethyl adjacent to an activating group) is 1. The maximum absolute atomic E-state index is 12.6. The summed E-state index contributed by atoms with van der Waals surface area (Å²) in [5.41, 5.74) is 0.766. The predicted octanol–water partition coefficient (Wildman–Crippen LogP) is 5.04. The van der Waals surface area contributed by atoms with Crippen molar-refractivity contribution in [3.05, 3.63) is 28.2 Å². The zero-order valence-corrected chi connectivity index (χ0v) is 17.7. The van der Waals surface area contributed by atoms with Gasteiger partial charge < -0.3 is 9.33 Å². The second-order valence-electron chi connectivity index (χ2n) is 7.45. The van der Waals surface area contributed by atoms with Crippen LogP contribution in [0.3, 0.4) is 0 Å². The van der Waals surface area contributed by atoms with E-state index in [4.69, 9.17) is 16.0 Å². The molecule has 0 aromatic carbocycles. The summed E-state index contributed by atoms with van der Waals surface area (Å²) in [5.74, 6) is -0.0205. The van der Waals surface area contributed by atoms with Crippen LogP contribution in [-0.4, -0.2) is 44.3 Å². The van der Waals surface area contributed by atoms with Crippen molar-refractivity contribution in [2.45, 2.75) is 38.9 Å². The van der Waals surface area contributed by atoms with Crippen LogP contribution in [0.4, 0.5) is 0 Å². The third-order valence-corrected chi connectivity index (χ3v) is 10.7. The van der Waals surface area contributed by atoms with Crippen LogP contribution in [-0.2, 0) is 4.43 Å². The number of pyridine rings is 1. The Bertz CT molecular complexity index is 740. The highest BCUT2D eigenvalue weighted by Crippen LogP contribution is 2.36. The van der Waals surface area contributed by atoms with Crippen molar-refractivity contribution in [2.75, 3.05) is 20.2 Å². The van der Waals surface area contributed by atoms with Gasteiger partial charge in [0.2, 0.25) is 0 Å². The zero-order chi connectivity index (χ0) is 18.1. The van der Waals surface area contributed by atoms with Gasteiger partial charge in [-0.05, 0) is 20.5 Å². The largest absolute Gasteiger partial charge is 0.563 e. The van der Waals surface area contributed by atoms with Gasteiger partial charge in [-0.1, -0.05) is 32.4 Å². The first-order valence-electron chi connectivity index (χ1n) is 7.96. The first-order chi connectivity index (χ1) is 11.0. The number of fused-ring (bicyclic) bond motifs is 1. The molecule has 0 bridgehead atoms. The van der Waals surface area contributed by atoms with Crippen molar-refractivity contribution < 1.29 is 9.22 Å². The minimum atomic E-state index is -1.78. The molecule has 133 valence electrons. The number of amides is 1. The van der Waals surface area contributed by atoms with E-state index in [1.807, 2.05) is 0 Å². The molecule has 0 saturated heterocycles. The lowest BCUT2D eigenvalue weighted by atomic mass is 10.2. The fraction of sp³-hybridized carbons (Fsp3) is 0.529. The lowest BCUT2D eigenvalue weighted by molar-refractivity contribution is 0.0775. The van der Waals surface area contributed by atoms with Crippen LogP contribution in [0.15, 0.2) is 18.3 Å². The molecule has 0 saturated carbocycles. The molecule has 7 heteroatoms. The van der Waals surface area contributed by atoms with Crippen LogP contribution in [0.1, 0.15) is 30.4 Å². The Morgan fingerprint density at radius 3 is 2.67 bits per heavy atom. The monoisotopic (exact) mass is 384 g/mol. The average Bonchev–Trinajstić information content (AvgIpc) is 2.90. The Hall–Kier alpha value is -0.953. The summed E-state index contributed by atoms with van der Waals surface area (Å²) in [6, 6.07) is 3.55. The van der Waals surface area contributed by atoms with E-state index in [1.54, 1.807) is 30.3 Å². The van der Waals surface area contributed by atoms with E-state index >= 15 is 0 Å². The molecule has 1 amide bonds. The van der Waals surface area contributed by atoms with Gasteiger partial charge in [0.15, 0.2) is 0 Å². The molecule has 0 fully saturated rings. The van der Waals surface area contributed by atoms with Gasteiger partial charge in [-0.25, -0.2) is 0 Å². The van der Waals surface area contributed by atoms with E-state index in [9.17, 15) is 4.79 Å². The van der Waals surface area contributed by atoms with Gasteiger partial charge in [-0.15, -0.1) is 29.5 Å². The van der Waals surface area contributed by atoms with Crippen molar-refractivity contribution >= 4 is 47.4 Å². The third-order valence-electron chi connectivity index (χ3n) is 4.62. The summed E-state index contributed by atoms with van der Waals surface area (Å²) in [4.78, 5) is 19.2. The van der Waals surface area contributed by atoms with Crippen molar-refractivity contribution in [3.63, 3.8) is 0 Å². The third kappa shape index (κ3) is 4.17. The lowest BCUT2D eigenvalue weighted by Crippen LogP contribution is -2.43. The second-order valence-corrected chi connectivity index (χ2v) is 13.7. The van der Waals surface area contributed by atoms with Gasteiger partial charge >= 0.3 is 0 Å². The normalized spacial score (nSPS) is 12.6. The molecule has 0 aliphatic carbocycles. The van der Waals surface area contributed by atoms with Crippen molar-refractivity contribution in [1.82, 2.24) is 9.88 Å². The highest BCUT2D eigenvalue weighted by atomic mass is 35.5. The van der Waals surface area contributed by atoms with Gasteiger partial charge in [-0.2, -0.15) is 0 Å². The molecule has 0 aliphatic rings. The van der Waals surface area contributed by atoms with Gasteiger partial charge in [-0.3, -0.25) is 9.78 Å². The summed E-state index contributed by atoms with van der Waals surface area (Å²) in [6.45, 7) is 12.2. The Kier molecular flexibility index (Phi) is 5.74. The highest BCUT2D eigenvalue weighted by molar-refractivity contribution is 7.21. The minimum absolute atomic E-state index is 0.0205. The van der Waals surface area contributed by atoms with Crippen LogP contribution in [0.2, 0.25) is 23.2 Å². The van der Waals surface area contributed by atoms with E-state index in [2.05, 4.69) is 38.8 Å². The molecule has 24 heavy (non-hydrogen) atoms. The molecule has 2 aromatic heterocycles. The number of carbonyl (C=O) groups excluding carboxylic acids is 1. The molecule has 4 nitrogen and oxygen atoms in total. The average molecular weight is 385 g/mol. The molecule has 0 spiro atoms. The fourth-order valence-electron chi connectivity index (χ4n) is 1.96. The number of hydrogen-bond donors (Lipinski definition) is 0. The number of rotatable bonds is 5. The van der Waals surface area contributed by atoms with E-state index in [1.165, 1.54) is 11.3 Å². The Balaban J connectivity index is 2.00. The molecule has 0 N–H and O–H groups in total. The summed E-state index contributed by atoms with van der Waals surface area (Å²) in [6.07, 6.45) is 1.66. The molecule has 0 radical (unpaired) electrons. The highest BCUT2D eigenvalue weighted by Gasteiger charge is 2.25. The van der Waals surface area contributed by atoms with Gasteiger partial charge in [0.25, 0.3) is 5.91 Å². The number of aromatic nitrogens is 1. The van der Waals surface area contributed by atoms with Gasteiger partial charge in [0, 0.05) is 26.4 Å². The SMILES string of the molecule is CN(CCO[Si-](C)(C)C(C)(C)C)C(=O)c1cc2nccc(Cl)c2s1. The Morgan fingerprint density at radius 1 is 1.42 bits per heavy atom. The van der Waals surface area contributed by atoms with Crippen LogP contribution in [0.5, 0.6) is 0 Å². The number of thiophene rings is 1. The second kappa shape index (κ2) is 7.12. The topological polar surface area (TPSA) is 42.4 Å². The zero-order valence-electron chi connectivity index (χ0n) is 15.1. The van der Waals surface area contributed by atoms with E-state index < -0.39 is 8.32 Å². The van der Waals surface area contributed by atoms with Crippen LogP contribution >= 0.6 is 22.9 Å². The van der Waals surface area contributed by atoms with Crippen LogP contribution in [0.25, 0.3) is 10.2 Å². The van der Waals surface area contributed by atoms with Crippen LogP contribution < -0.4 is 0 Å². The van der Waals surface area contributed by atoms with Crippen molar-refractivity contribution in [2.24, 2.45) is 0 Å². The molecule has 0 atom stereocenters. The molecule has 0 unspecified atom stereocenters. The number of carbonyl (C=O) groups is 1. The number of nitrogens with zero attached hydrogens (tertiary/aromatic N) is 2. The summed E-state index contributed by atoms with van der Waals surface area (Å²) < 4.78 is 7.00. The van der Waals surface area contributed by atoms with Crippen molar-refractivity contribution in [3.8, 4) is 0 Å². The maximum Gasteiger partial charge on any atom is 0.263 e. The van der Waals surface area contributed by atoms with Gasteiger partial charge in [0.05, 0.1) is 20.1 Å². The van der Waals surface area contributed by atoms with E-state index in [0.717, 1.165) is 10.2 Å². The van der Waals surface area contributed by atoms with E-state index in [-0.39, 0.29) is 10.9 Å². The molecule has 2 rings (SSSR count). The van der Waals surface area contributed by atoms with Crippen LogP contribution in [0, 0.1) is 0 Å². The summed E-state index contributed by atoms with van der Waals surface area (Å²) in [7, 11) is 0.0199. The fourth-order valence-corrected chi connectivity index (χ4v) is 4.28. The smallest absolute Gasteiger partial charge is 0.263 e. The summed E-state index contributed by atoms with van der Waals surface area (Å²) in [5, 5.41) is 0.802. The minimum Gasteiger partial charge on any atom is -0.563 e. The maximum atomic E-state index is 12.6. The first kappa shape index (κ1) is 19.4. The van der Waals surface area contributed by atoms with E-state index in [0.29, 0.717) is 23.1 Å². The molecule has 2 aromatic rings. The lowest BCUT2D eigenvalue weighted by Gasteiger charge is -2.48. The first-order valence-corrected chi connectivity index (χ1v) is 12.1. The van der Waals surface area contributed by atoms with Gasteiger partial charge in [0.1, 0.15) is 0 Å². The Labute approximate surface area is 153 Å². The standard InChI is InChI=1S/C17H25ClN2O2SSi/c1-17(2,3)24(5,6)22-10-9-20(4)16(21)14-11-13-15(23-14)12(18)7-8-19-13/h7-8,11H,9-10H2,1-6H3/q-1. The molecule has 0 aliphatic heterocycles. The Morgan fingerprint density at radius 2 is 2.08 bits per heavy atom. The quantitative estimate of drug-likeness (QED) is 0.678. The number of hydrogen-bond acceptors (Lipinski definition) is 4. The molecular weight excluding hydrogens is 360 g/mol. The number of halogens is 1. The predicted molar refractivity (Wildman–Crippen MR) is 105 cm³/mol. The molecule has 2 heterocycles. The summed E-state index contributed by atoms with van der Waals surface area (Å²) >= 11 is 7.55.